The fourth-order valence-corrected chi connectivity index (χ4v) is 2.24. The number of hydrogen-bond acceptors (Lipinski definition) is 4. The maximum atomic E-state index is 12.4. The quantitative estimate of drug-likeness (QED) is 0.500. The molecular weight excluding hydrogens is 316 g/mol. The van der Waals surface area contributed by atoms with Crippen molar-refractivity contribution < 1.29 is 18.3 Å². The molecule has 0 saturated heterocycles. The summed E-state index contributed by atoms with van der Waals surface area (Å²) in [5, 5.41) is 9.77. The lowest BCUT2D eigenvalue weighted by Crippen LogP contribution is -2.09. The number of carbonyl (C=O) groups excluding carboxylic acids is 1. The zero-order valence-electron chi connectivity index (χ0n) is 13.6. The Balaban J connectivity index is 2.38. The lowest BCUT2D eigenvalue weighted by Gasteiger charge is -2.08. The molecule has 0 amide bonds. The molecule has 1 heterocycles. The average molecular weight is 333 g/mol. The number of rotatable bonds is 6. The second kappa shape index (κ2) is 7.13. The molecule has 126 valence electrons. The van der Waals surface area contributed by atoms with Gasteiger partial charge in [-0.05, 0) is 30.7 Å². The molecular formula is C17H17F2N3O2. The number of H-pyrrole nitrogens is 1. The highest BCUT2D eigenvalue weighted by Gasteiger charge is 2.16. The molecule has 0 aliphatic carbocycles. The number of benzene rings is 1. The van der Waals surface area contributed by atoms with E-state index in [2.05, 4.69) is 4.98 Å². The summed E-state index contributed by atoms with van der Waals surface area (Å²) in [5.74, 6) is -0.0970. The number of aromatic amines is 1. The van der Waals surface area contributed by atoms with Gasteiger partial charge in [-0.1, -0.05) is 0 Å². The Bertz CT molecular complexity index is 832. The Hall–Kier alpha value is -2.88. The van der Waals surface area contributed by atoms with Crippen molar-refractivity contribution in [1.29, 1.82) is 5.26 Å². The molecule has 0 aliphatic heterocycles. The van der Waals surface area contributed by atoms with E-state index in [1.165, 1.54) is 6.20 Å². The molecule has 2 rings (SSSR count). The summed E-state index contributed by atoms with van der Waals surface area (Å²) in [5.41, 5.74) is 1.60. The van der Waals surface area contributed by atoms with Crippen molar-refractivity contribution >= 4 is 16.7 Å². The summed E-state index contributed by atoms with van der Waals surface area (Å²) in [7, 11) is 3.43. The standard InChI is InChI=1S/C17H17F2N3O2/c1-10-4-13-11(6-15(10)24-9-16(18)19)5-14(21-13)17(23)12(7-20)8-22(2)3/h4-6,8,16,21H,9H2,1-3H3/b12-8+. The second-order valence-electron chi connectivity index (χ2n) is 5.54. The van der Waals surface area contributed by atoms with Crippen molar-refractivity contribution in [3.63, 3.8) is 0 Å². The Kier molecular flexibility index (Phi) is 5.19. The molecule has 2 aromatic rings. The van der Waals surface area contributed by atoms with Gasteiger partial charge in [0, 0.05) is 31.2 Å². The Morgan fingerprint density at radius 1 is 1.42 bits per heavy atom. The van der Waals surface area contributed by atoms with Crippen LogP contribution in [0.2, 0.25) is 0 Å². The number of fused-ring (bicyclic) bond motifs is 1. The molecule has 1 aromatic heterocycles. The molecule has 0 spiro atoms. The van der Waals surface area contributed by atoms with Gasteiger partial charge in [0.25, 0.3) is 6.43 Å². The number of aryl methyl sites for hydroxylation is 1. The number of nitriles is 1. The number of ketones is 1. The normalized spacial score (nSPS) is 11.6. The first-order valence-corrected chi connectivity index (χ1v) is 7.19. The molecule has 5 nitrogen and oxygen atoms in total. The summed E-state index contributed by atoms with van der Waals surface area (Å²) in [6.45, 7) is 1.04. The van der Waals surface area contributed by atoms with Crippen molar-refractivity contribution in [1.82, 2.24) is 9.88 Å². The van der Waals surface area contributed by atoms with Crippen molar-refractivity contribution in [2.75, 3.05) is 20.7 Å². The SMILES string of the molecule is Cc1cc2[nH]c(C(=O)/C(C#N)=C/N(C)C)cc2cc1OCC(F)F. The highest BCUT2D eigenvalue weighted by atomic mass is 19.3. The number of nitrogens with one attached hydrogen (secondary N) is 1. The van der Waals surface area contributed by atoms with Gasteiger partial charge < -0.3 is 14.6 Å². The Morgan fingerprint density at radius 2 is 2.12 bits per heavy atom. The summed E-state index contributed by atoms with van der Waals surface area (Å²) < 4.78 is 29.7. The highest BCUT2D eigenvalue weighted by molar-refractivity contribution is 6.12. The van der Waals surface area contributed by atoms with Gasteiger partial charge in [-0.2, -0.15) is 5.26 Å². The van der Waals surface area contributed by atoms with E-state index in [1.54, 1.807) is 44.1 Å². The maximum Gasteiger partial charge on any atom is 0.272 e. The fourth-order valence-electron chi connectivity index (χ4n) is 2.24. The molecule has 0 bridgehead atoms. The number of allylic oxidation sites excluding steroid dienone is 1. The third-order valence-corrected chi connectivity index (χ3v) is 3.28. The van der Waals surface area contributed by atoms with Crippen LogP contribution in [0.3, 0.4) is 0 Å². The molecule has 1 aromatic carbocycles. The number of ether oxygens (including phenoxy) is 1. The minimum absolute atomic E-state index is 0.00236. The van der Waals surface area contributed by atoms with E-state index in [1.807, 2.05) is 6.07 Å². The first-order chi connectivity index (χ1) is 11.3. The van der Waals surface area contributed by atoms with Gasteiger partial charge >= 0.3 is 0 Å². The van der Waals surface area contributed by atoms with E-state index < -0.39 is 18.8 Å². The highest BCUT2D eigenvalue weighted by Crippen LogP contribution is 2.27. The van der Waals surface area contributed by atoms with Crippen molar-refractivity contribution in [2.24, 2.45) is 0 Å². The van der Waals surface area contributed by atoms with Crippen LogP contribution in [0, 0.1) is 18.3 Å². The smallest absolute Gasteiger partial charge is 0.272 e. The van der Waals surface area contributed by atoms with Crippen LogP contribution in [0.25, 0.3) is 10.9 Å². The Morgan fingerprint density at radius 3 is 2.71 bits per heavy atom. The van der Waals surface area contributed by atoms with Gasteiger partial charge in [-0.3, -0.25) is 4.79 Å². The van der Waals surface area contributed by atoms with Crippen LogP contribution >= 0.6 is 0 Å². The summed E-state index contributed by atoms with van der Waals surface area (Å²) >= 11 is 0. The molecule has 24 heavy (non-hydrogen) atoms. The zero-order valence-corrected chi connectivity index (χ0v) is 13.6. The lowest BCUT2D eigenvalue weighted by molar-refractivity contribution is 0.0816. The van der Waals surface area contributed by atoms with Crippen LogP contribution in [-0.4, -0.2) is 42.8 Å². The number of carbonyl (C=O) groups is 1. The van der Waals surface area contributed by atoms with Crippen LogP contribution in [-0.2, 0) is 0 Å². The van der Waals surface area contributed by atoms with E-state index in [4.69, 9.17) is 10.00 Å². The van der Waals surface area contributed by atoms with Crippen molar-refractivity contribution in [3.05, 3.63) is 41.2 Å². The molecule has 0 saturated carbocycles. The van der Waals surface area contributed by atoms with E-state index in [0.29, 0.717) is 22.2 Å². The monoisotopic (exact) mass is 333 g/mol. The molecule has 1 N–H and O–H groups in total. The number of aromatic nitrogens is 1. The molecule has 0 fully saturated rings. The third kappa shape index (κ3) is 3.90. The van der Waals surface area contributed by atoms with Crippen LogP contribution < -0.4 is 4.74 Å². The van der Waals surface area contributed by atoms with Crippen LogP contribution in [0.15, 0.2) is 30.0 Å². The number of alkyl halides is 2. The zero-order chi connectivity index (χ0) is 17.9. The molecule has 0 atom stereocenters. The maximum absolute atomic E-state index is 12.4. The Labute approximate surface area is 138 Å². The second-order valence-corrected chi connectivity index (χ2v) is 5.54. The number of Topliss-reactive ketones (excluding diaryl/α,β-unsaturated/α-hetero) is 1. The van der Waals surface area contributed by atoms with Gasteiger partial charge in [0.15, 0.2) is 0 Å². The van der Waals surface area contributed by atoms with E-state index in [-0.39, 0.29) is 11.3 Å². The predicted molar refractivity (Wildman–Crippen MR) is 86.2 cm³/mol. The van der Waals surface area contributed by atoms with Gasteiger partial charge in [0.1, 0.15) is 24.0 Å². The molecule has 0 unspecified atom stereocenters. The number of hydrogen-bond donors (Lipinski definition) is 1. The summed E-state index contributed by atoms with van der Waals surface area (Å²) in [6.07, 6.45) is -1.12. The fraction of sp³-hybridized carbons (Fsp3) is 0.294. The van der Waals surface area contributed by atoms with Crippen molar-refractivity contribution in [2.45, 2.75) is 13.3 Å². The van der Waals surface area contributed by atoms with Crippen LogP contribution in [0.1, 0.15) is 16.1 Å². The van der Waals surface area contributed by atoms with Crippen LogP contribution in [0.5, 0.6) is 5.75 Å². The lowest BCUT2D eigenvalue weighted by atomic mass is 10.1. The first kappa shape index (κ1) is 17.5. The molecule has 0 aliphatic rings. The third-order valence-electron chi connectivity index (χ3n) is 3.28. The molecule has 7 heteroatoms. The van der Waals surface area contributed by atoms with Crippen molar-refractivity contribution in [3.8, 4) is 11.8 Å². The summed E-state index contributed by atoms with van der Waals surface area (Å²) in [4.78, 5) is 17.0. The van der Waals surface area contributed by atoms with E-state index in [9.17, 15) is 13.6 Å². The van der Waals surface area contributed by atoms with Gasteiger partial charge in [0.05, 0.1) is 5.69 Å². The van der Waals surface area contributed by atoms with Gasteiger partial charge in [0.2, 0.25) is 5.78 Å². The molecule has 0 radical (unpaired) electrons. The van der Waals surface area contributed by atoms with Gasteiger partial charge in [-0.25, -0.2) is 8.78 Å². The van der Waals surface area contributed by atoms with Gasteiger partial charge in [-0.15, -0.1) is 0 Å². The topological polar surface area (TPSA) is 69.1 Å². The summed E-state index contributed by atoms with van der Waals surface area (Å²) in [6, 6.07) is 6.77. The minimum Gasteiger partial charge on any atom is -0.487 e. The average Bonchev–Trinajstić information content (AvgIpc) is 2.91. The van der Waals surface area contributed by atoms with E-state index >= 15 is 0 Å². The first-order valence-electron chi connectivity index (χ1n) is 7.19. The van der Waals surface area contributed by atoms with E-state index in [0.717, 1.165) is 0 Å². The largest absolute Gasteiger partial charge is 0.487 e. The number of halogens is 2. The minimum atomic E-state index is -2.56. The van der Waals surface area contributed by atoms with Crippen LogP contribution in [0.4, 0.5) is 8.78 Å². The number of nitrogens with zero attached hydrogens (tertiary/aromatic N) is 2. The predicted octanol–water partition coefficient (Wildman–Crippen LogP) is 3.27.